The van der Waals surface area contributed by atoms with E-state index >= 15 is 0 Å². The van der Waals surface area contributed by atoms with Gasteiger partial charge in [0, 0.05) is 30.8 Å². The number of carbonyl (C=O) groups is 1. The van der Waals surface area contributed by atoms with Crippen LogP contribution in [0.5, 0.6) is 0 Å². The Morgan fingerprint density at radius 2 is 1.86 bits per heavy atom. The van der Waals surface area contributed by atoms with Gasteiger partial charge in [-0.05, 0) is 56.6 Å². The van der Waals surface area contributed by atoms with E-state index in [1.807, 2.05) is 31.2 Å². The fourth-order valence-electron chi connectivity index (χ4n) is 5.21. The lowest BCUT2D eigenvalue weighted by Crippen LogP contribution is -2.42. The highest BCUT2D eigenvalue weighted by atomic mass is 19.1. The number of rotatable bonds is 8. The Morgan fingerprint density at radius 3 is 2.65 bits per heavy atom. The fraction of sp³-hybridized carbons (Fsp3) is 0.310. The highest BCUT2D eigenvalue weighted by Gasteiger charge is 2.42. The van der Waals surface area contributed by atoms with Crippen molar-refractivity contribution in [3.63, 3.8) is 0 Å². The molecule has 0 spiro atoms. The van der Waals surface area contributed by atoms with Crippen molar-refractivity contribution in [2.24, 2.45) is 5.10 Å². The number of hydrogen-bond acceptors (Lipinski definition) is 5. The van der Waals surface area contributed by atoms with Gasteiger partial charge in [-0.3, -0.25) is 14.5 Å². The lowest BCUT2D eigenvalue weighted by atomic mass is 10.1. The Balaban J connectivity index is 1.43. The highest BCUT2D eigenvalue weighted by molar-refractivity contribution is 5.92. The zero-order chi connectivity index (χ0) is 25.8. The first-order chi connectivity index (χ1) is 18.0. The first-order valence-electron chi connectivity index (χ1n) is 12.8. The van der Waals surface area contributed by atoms with Crippen LogP contribution in [-0.4, -0.2) is 52.9 Å². The summed E-state index contributed by atoms with van der Waals surface area (Å²) >= 11 is 0. The fourth-order valence-corrected chi connectivity index (χ4v) is 5.21. The van der Waals surface area contributed by atoms with Crippen molar-refractivity contribution in [3.8, 4) is 5.69 Å². The van der Waals surface area contributed by atoms with Crippen LogP contribution in [0.15, 0.2) is 76.8 Å². The van der Waals surface area contributed by atoms with E-state index in [-0.39, 0.29) is 21.5 Å². The average molecular weight is 501 g/mol. The Morgan fingerprint density at radius 1 is 1.05 bits per heavy atom. The zero-order valence-corrected chi connectivity index (χ0v) is 21.0. The first kappa shape index (κ1) is 24.9. The normalized spacial score (nSPS) is 19.7. The quantitative estimate of drug-likeness (QED) is 0.432. The molecule has 2 aromatic carbocycles. The minimum atomic E-state index is -0.396. The topological polar surface area (TPSA) is 67.6 Å². The SMILES string of the molecule is CC[N+]1(c2ccccc2F)N=CC=C1c1nn(-c2cccc(CC(=O)CN3CCCCC3)c2)ccc1=O. The smallest absolute Gasteiger partial charge is 0.213 e. The number of benzene rings is 2. The standard InChI is InChI=1S/C29H31FN5O2/c1-2-35(26-12-5-4-11-25(26)30)27(13-15-31-35)29-28(37)14-18-34(32-29)23-10-8-9-22(19-23)20-24(36)21-33-16-6-3-7-17-33/h4-5,8-15,18-19H,2-3,6-7,16-17,20-21H2,1H3/q+1. The number of Topliss-reactive ketones (excluding diaryl/α,β-unsaturated/α-hetero) is 1. The summed E-state index contributed by atoms with van der Waals surface area (Å²) in [6.07, 6.45) is 8.82. The van der Waals surface area contributed by atoms with Gasteiger partial charge in [0.15, 0.2) is 23.0 Å². The van der Waals surface area contributed by atoms with Crippen LogP contribution in [0.3, 0.4) is 0 Å². The van der Waals surface area contributed by atoms with E-state index in [9.17, 15) is 14.0 Å². The maximum Gasteiger partial charge on any atom is 0.213 e. The summed E-state index contributed by atoms with van der Waals surface area (Å²) in [5.41, 5.74) is 2.44. The molecule has 37 heavy (non-hydrogen) atoms. The summed E-state index contributed by atoms with van der Waals surface area (Å²) in [7, 11) is 0. The molecule has 2 aliphatic heterocycles. The van der Waals surface area contributed by atoms with Crippen LogP contribution in [-0.2, 0) is 11.2 Å². The first-order valence-corrected chi connectivity index (χ1v) is 12.8. The van der Waals surface area contributed by atoms with Crippen molar-refractivity contribution in [2.45, 2.75) is 32.6 Å². The average Bonchev–Trinajstić information content (AvgIpc) is 3.34. The van der Waals surface area contributed by atoms with Gasteiger partial charge in [-0.1, -0.05) is 35.8 Å². The molecule has 0 N–H and O–H groups in total. The summed E-state index contributed by atoms with van der Waals surface area (Å²) < 4.78 is 16.3. The van der Waals surface area contributed by atoms with Crippen LogP contribution in [0, 0.1) is 5.82 Å². The van der Waals surface area contributed by atoms with E-state index in [0.29, 0.717) is 30.9 Å². The van der Waals surface area contributed by atoms with E-state index in [1.165, 1.54) is 18.6 Å². The Hall–Kier alpha value is -3.75. The van der Waals surface area contributed by atoms with Gasteiger partial charge < -0.3 is 0 Å². The minimum Gasteiger partial charge on any atom is -0.298 e. The number of hydrogen-bond donors (Lipinski definition) is 0. The third kappa shape index (κ3) is 5.08. The second-order valence-corrected chi connectivity index (χ2v) is 9.55. The van der Waals surface area contributed by atoms with Crippen molar-refractivity contribution in [3.05, 3.63) is 94.2 Å². The van der Waals surface area contributed by atoms with Crippen molar-refractivity contribution >= 4 is 23.4 Å². The number of piperidine rings is 1. The van der Waals surface area contributed by atoms with Gasteiger partial charge in [-0.25, -0.2) is 9.07 Å². The summed E-state index contributed by atoms with van der Waals surface area (Å²) in [4.78, 5) is 27.9. The minimum absolute atomic E-state index is 0.177. The summed E-state index contributed by atoms with van der Waals surface area (Å²) in [5.74, 6) is -0.205. The van der Waals surface area contributed by atoms with E-state index in [4.69, 9.17) is 0 Å². The Kier molecular flexibility index (Phi) is 7.21. The van der Waals surface area contributed by atoms with Gasteiger partial charge in [0.25, 0.3) is 0 Å². The number of carbonyl (C=O) groups excluding carboxylic acids is 1. The molecule has 190 valence electrons. The third-order valence-electron chi connectivity index (χ3n) is 7.08. The van der Waals surface area contributed by atoms with Crippen LogP contribution in [0.2, 0.25) is 0 Å². The van der Waals surface area contributed by atoms with Crippen molar-refractivity contribution in [2.75, 3.05) is 26.2 Å². The number of ketones is 1. The lowest BCUT2D eigenvalue weighted by Gasteiger charge is -2.29. The second-order valence-electron chi connectivity index (χ2n) is 9.55. The number of aromatic nitrogens is 2. The molecule has 3 aromatic rings. The maximum atomic E-state index is 14.9. The number of allylic oxidation sites excluding steroid dienone is 1. The zero-order valence-electron chi connectivity index (χ0n) is 21.0. The molecular formula is C29H31FN5O2+. The van der Waals surface area contributed by atoms with Crippen LogP contribution >= 0.6 is 0 Å². The van der Waals surface area contributed by atoms with Crippen molar-refractivity contribution in [1.82, 2.24) is 19.3 Å². The van der Waals surface area contributed by atoms with E-state index in [0.717, 1.165) is 37.2 Å². The van der Waals surface area contributed by atoms with E-state index < -0.39 is 5.82 Å². The number of nitrogens with zero attached hydrogens (tertiary/aromatic N) is 5. The molecule has 1 atom stereocenters. The molecule has 0 radical (unpaired) electrons. The van der Waals surface area contributed by atoms with Crippen LogP contribution in [0.1, 0.15) is 37.4 Å². The van der Waals surface area contributed by atoms with Crippen molar-refractivity contribution < 1.29 is 9.18 Å². The molecule has 7 nitrogen and oxygen atoms in total. The van der Waals surface area contributed by atoms with Gasteiger partial charge in [-0.2, -0.15) is 5.10 Å². The van der Waals surface area contributed by atoms with E-state index in [1.54, 1.807) is 41.4 Å². The van der Waals surface area contributed by atoms with Crippen LogP contribution < -0.4 is 10.0 Å². The molecule has 1 unspecified atom stereocenters. The molecule has 3 heterocycles. The van der Waals surface area contributed by atoms with Crippen molar-refractivity contribution in [1.29, 1.82) is 0 Å². The van der Waals surface area contributed by atoms with Gasteiger partial charge >= 0.3 is 0 Å². The molecule has 2 aliphatic rings. The number of halogens is 1. The number of para-hydroxylation sites is 1. The molecule has 8 heteroatoms. The molecule has 0 bridgehead atoms. The monoisotopic (exact) mass is 500 g/mol. The third-order valence-corrected chi connectivity index (χ3v) is 7.08. The molecule has 1 saturated heterocycles. The highest BCUT2D eigenvalue weighted by Crippen LogP contribution is 2.37. The molecule has 0 aliphatic carbocycles. The molecular weight excluding hydrogens is 469 g/mol. The van der Waals surface area contributed by atoms with Gasteiger partial charge in [0.05, 0.1) is 18.4 Å². The van der Waals surface area contributed by atoms with Crippen LogP contribution in [0.25, 0.3) is 11.4 Å². The maximum absolute atomic E-state index is 14.9. The summed E-state index contributed by atoms with van der Waals surface area (Å²) in [6, 6.07) is 15.6. The Labute approximate surface area is 215 Å². The largest absolute Gasteiger partial charge is 0.298 e. The van der Waals surface area contributed by atoms with E-state index in [2.05, 4.69) is 15.1 Å². The van der Waals surface area contributed by atoms with Gasteiger partial charge in [0.1, 0.15) is 6.54 Å². The second kappa shape index (κ2) is 10.7. The molecule has 1 aromatic heterocycles. The predicted octanol–water partition coefficient (Wildman–Crippen LogP) is 4.34. The molecule has 5 rings (SSSR count). The lowest BCUT2D eigenvalue weighted by molar-refractivity contribution is -0.119. The Bertz CT molecular complexity index is 1420. The summed E-state index contributed by atoms with van der Waals surface area (Å²) in [5, 5.41) is 9.22. The van der Waals surface area contributed by atoms with Gasteiger partial charge in [-0.15, -0.1) is 4.59 Å². The molecule has 0 amide bonds. The van der Waals surface area contributed by atoms with Gasteiger partial charge in [0.2, 0.25) is 11.1 Å². The molecule has 1 fully saturated rings. The predicted molar refractivity (Wildman–Crippen MR) is 144 cm³/mol. The number of likely N-dealkylation sites (tertiary alicyclic amines) is 1. The molecule has 0 saturated carbocycles. The number of quaternary nitrogens is 1. The van der Waals surface area contributed by atoms with Crippen LogP contribution in [0.4, 0.5) is 10.1 Å². The summed E-state index contributed by atoms with van der Waals surface area (Å²) in [6.45, 7) is 4.76.